The van der Waals surface area contributed by atoms with Crippen molar-refractivity contribution in [2.75, 3.05) is 23.3 Å². The summed E-state index contributed by atoms with van der Waals surface area (Å²) < 4.78 is 14.4. The van der Waals surface area contributed by atoms with Gasteiger partial charge in [0.25, 0.3) is 5.91 Å². The van der Waals surface area contributed by atoms with Crippen LogP contribution in [0.5, 0.6) is 0 Å². The average Bonchev–Trinajstić information content (AvgIpc) is 2.58. The Hall–Kier alpha value is -2.02. The second-order valence-electron chi connectivity index (χ2n) is 5.39. The van der Waals surface area contributed by atoms with E-state index in [0.29, 0.717) is 4.47 Å². The number of aromatic nitrogens is 2. The van der Waals surface area contributed by atoms with Gasteiger partial charge in [0, 0.05) is 23.6 Å². The van der Waals surface area contributed by atoms with Crippen molar-refractivity contribution in [3.8, 4) is 0 Å². The normalized spacial score (nSPS) is 14.6. The lowest BCUT2D eigenvalue weighted by Crippen LogP contribution is -2.30. The Kier molecular flexibility index (Phi) is 4.85. The Morgan fingerprint density at radius 3 is 2.70 bits per heavy atom. The number of carbonyl (C=O) groups excluding carboxylic acids is 1. The van der Waals surface area contributed by atoms with Gasteiger partial charge in [0.05, 0.1) is 5.69 Å². The number of hydrogen-bond acceptors (Lipinski definition) is 4. The van der Waals surface area contributed by atoms with Crippen LogP contribution in [-0.2, 0) is 0 Å². The van der Waals surface area contributed by atoms with Crippen molar-refractivity contribution >= 4 is 33.3 Å². The third-order valence-corrected chi connectivity index (χ3v) is 4.24. The van der Waals surface area contributed by atoms with E-state index in [2.05, 4.69) is 36.1 Å². The maximum Gasteiger partial charge on any atom is 0.274 e. The van der Waals surface area contributed by atoms with Crippen molar-refractivity contribution < 1.29 is 9.18 Å². The quantitative estimate of drug-likeness (QED) is 0.885. The first kappa shape index (κ1) is 15.9. The van der Waals surface area contributed by atoms with Crippen LogP contribution >= 0.6 is 15.9 Å². The number of carbonyl (C=O) groups is 1. The molecule has 1 amide bonds. The number of anilines is 2. The highest BCUT2D eigenvalue weighted by molar-refractivity contribution is 9.10. The molecule has 2 aromatic rings. The van der Waals surface area contributed by atoms with Crippen molar-refractivity contribution in [3.63, 3.8) is 0 Å². The highest BCUT2D eigenvalue weighted by Gasteiger charge is 2.16. The molecule has 120 valence electrons. The van der Waals surface area contributed by atoms with Gasteiger partial charge >= 0.3 is 0 Å². The van der Waals surface area contributed by atoms with Crippen LogP contribution in [0.25, 0.3) is 0 Å². The molecule has 0 radical (unpaired) electrons. The molecule has 5 nitrogen and oxygen atoms in total. The molecule has 0 aliphatic carbocycles. The minimum Gasteiger partial charge on any atom is -0.357 e. The second-order valence-corrected chi connectivity index (χ2v) is 6.30. The zero-order valence-corrected chi connectivity index (χ0v) is 14.0. The van der Waals surface area contributed by atoms with Gasteiger partial charge in [-0.3, -0.25) is 4.79 Å². The summed E-state index contributed by atoms with van der Waals surface area (Å²) in [5.74, 6) is -0.217. The van der Waals surface area contributed by atoms with Crippen LogP contribution < -0.4 is 10.2 Å². The number of piperidine rings is 1. The van der Waals surface area contributed by atoms with Gasteiger partial charge in [-0.1, -0.05) is 15.9 Å². The zero-order valence-electron chi connectivity index (χ0n) is 12.4. The number of benzene rings is 1. The summed E-state index contributed by atoms with van der Waals surface area (Å²) >= 11 is 3.18. The summed E-state index contributed by atoms with van der Waals surface area (Å²) in [4.78, 5) is 22.7. The molecule has 1 aromatic carbocycles. The fraction of sp³-hybridized carbons (Fsp3) is 0.312. The summed E-state index contributed by atoms with van der Waals surface area (Å²) in [6.07, 6.45) is 4.83. The van der Waals surface area contributed by atoms with Crippen molar-refractivity contribution in [3.05, 3.63) is 46.6 Å². The molecule has 1 saturated heterocycles. The molecule has 0 saturated carbocycles. The van der Waals surface area contributed by atoms with Gasteiger partial charge in [0.2, 0.25) is 0 Å². The fourth-order valence-electron chi connectivity index (χ4n) is 2.54. The van der Waals surface area contributed by atoms with E-state index in [1.54, 1.807) is 12.1 Å². The maximum atomic E-state index is 13.8. The smallest absolute Gasteiger partial charge is 0.274 e. The summed E-state index contributed by atoms with van der Waals surface area (Å²) in [5.41, 5.74) is 0.347. The van der Waals surface area contributed by atoms with E-state index in [9.17, 15) is 9.18 Å². The molecule has 1 N–H and O–H groups in total. The minimum absolute atomic E-state index is 0.122. The third kappa shape index (κ3) is 3.85. The SMILES string of the molecule is O=C(Nc1ccc(Br)cc1F)c1cc(N2CCCCC2)ncn1. The van der Waals surface area contributed by atoms with Crippen molar-refractivity contribution in [2.24, 2.45) is 0 Å². The highest BCUT2D eigenvalue weighted by atomic mass is 79.9. The molecule has 1 aliphatic heterocycles. The first-order valence-corrected chi connectivity index (χ1v) is 8.26. The fourth-order valence-corrected chi connectivity index (χ4v) is 2.88. The van der Waals surface area contributed by atoms with Crippen LogP contribution in [-0.4, -0.2) is 29.0 Å². The summed E-state index contributed by atoms with van der Waals surface area (Å²) in [7, 11) is 0. The van der Waals surface area contributed by atoms with Gasteiger partial charge in [-0.2, -0.15) is 0 Å². The average molecular weight is 379 g/mol. The molecule has 0 unspecified atom stereocenters. The lowest BCUT2D eigenvalue weighted by Gasteiger charge is -2.27. The van der Waals surface area contributed by atoms with Crippen molar-refractivity contribution in [1.82, 2.24) is 9.97 Å². The summed E-state index contributed by atoms with van der Waals surface area (Å²) in [6.45, 7) is 1.86. The minimum atomic E-state index is -0.502. The van der Waals surface area contributed by atoms with Crippen LogP contribution in [0.3, 0.4) is 0 Å². The molecule has 7 heteroatoms. The Labute approximate surface area is 142 Å². The largest absolute Gasteiger partial charge is 0.357 e. The number of nitrogens with one attached hydrogen (secondary N) is 1. The van der Waals surface area contributed by atoms with Gasteiger partial charge in [0.15, 0.2) is 0 Å². The molecular weight excluding hydrogens is 363 g/mol. The number of halogens is 2. The number of hydrogen-bond donors (Lipinski definition) is 1. The molecule has 2 heterocycles. The standard InChI is InChI=1S/C16H16BrFN4O/c17-11-4-5-13(12(18)8-11)21-16(23)14-9-15(20-10-19-14)22-6-2-1-3-7-22/h4-5,8-10H,1-3,6-7H2,(H,21,23). The van der Waals surface area contributed by atoms with Crippen LogP contribution in [0, 0.1) is 5.82 Å². The Bertz CT molecular complexity index is 719. The monoisotopic (exact) mass is 378 g/mol. The predicted octanol–water partition coefficient (Wildman–Crippen LogP) is 3.62. The summed E-state index contributed by atoms with van der Waals surface area (Å²) in [5, 5.41) is 2.54. The lowest BCUT2D eigenvalue weighted by molar-refractivity contribution is 0.102. The van der Waals surface area contributed by atoms with E-state index in [4.69, 9.17) is 0 Å². The zero-order chi connectivity index (χ0) is 16.2. The van der Waals surface area contributed by atoms with Crippen molar-refractivity contribution in [2.45, 2.75) is 19.3 Å². The predicted molar refractivity (Wildman–Crippen MR) is 90.1 cm³/mol. The molecule has 1 aliphatic rings. The molecule has 0 atom stereocenters. The van der Waals surface area contributed by atoms with E-state index < -0.39 is 11.7 Å². The molecular formula is C16H16BrFN4O. The number of amides is 1. The number of nitrogens with zero attached hydrogens (tertiary/aromatic N) is 3. The molecule has 1 aromatic heterocycles. The van der Waals surface area contributed by atoms with E-state index >= 15 is 0 Å². The topological polar surface area (TPSA) is 58.1 Å². The highest BCUT2D eigenvalue weighted by Crippen LogP contribution is 2.21. The molecule has 23 heavy (non-hydrogen) atoms. The molecule has 3 rings (SSSR count). The Balaban J connectivity index is 1.76. The van der Waals surface area contributed by atoms with Crippen molar-refractivity contribution in [1.29, 1.82) is 0 Å². The molecule has 1 fully saturated rings. The van der Waals surface area contributed by atoms with Crippen LogP contribution in [0.1, 0.15) is 29.8 Å². The van der Waals surface area contributed by atoms with Gasteiger partial charge < -0.3 is 10.2 Å². The van der Waals surface area contributed by atoms with Gasteiger partial charge in [-0.15, -0.1) is 0 Å². The van der Waals surface area contributed by atoms with Gasteiger partial charge in [-0.05, 0) is 37.5 Å². The second kappa shape index (κ2) is 7.04. The molecule has 0 bridgehead atoms. The summed E-state index contributed by atoms with van der Waals surface area (Å²) in [6, 6.07) is 6.12. The first-order valence-electron chi connectivity index (χ1n) is 7.47. The lowest BCUT2D eigenvalue weighted by atomic mass is 10.1. The van der Waals surface area contributed by atoms with E-state index in [-0.39, 0.29) is 11.4 Å². The third-order valence-electron chi connectivity index (χ3n) is 3.74. The van der Waals surface area contributed by atoms with E-state index in [1.165, 1.54) is 24.9 Å². The number of rotatable bonds is 3. The van der Waals surface area contributed by atoms with Crippen LogP contribution in [0.4, 0.5) is 15.9 Å². The van der Waals surface area contributed by atoms with Gasteiger partial charge in [0.1, 0.15) is 23.7 Å². The van der Waals surface area contributed by atoms with Crippen LogP contribution in [0.15, 0.2) is 35.1 Å². The van der Waals surface area contributed by atoms with Crippen LogP contribution in [0.2, 0.25) is 0 Å². The van der Waals surface area contributed by atoms with Gasteiger partial charge in [-0.25, -0.2) is 14.4 Å². The Morgan fingerprint density at radius 2 is 1.96 bits per heavy atom. The van der Waals surface area contributed by atoms with E-state index in [0.717, 1.165) is 31.7 Å². The first-order chi connectivity index (χ1) is 11.1. The molecule has 0 spiro atoms. The van der Waals surface area contributed by atoms with E-state index in [1.807, 2.05) is 0 Å². The maximum absolute atomic E-state index is 13.8. The Morgan fingerprint density at radius 1 is 1.17 bits per heavy atom.